The lowest BCUT2D eigenvalue weighted by Crippen LogP contribution is -2.49. The number of carbonyl (C=O) groups excluding carboxylic acids is 1. The number of hydrogen-bond donors (Lipinski definition) is 2. The van der Waals surface area contributed by atoms with Crippen LogP contribution in [-0.2, 0) is 4.79 Å². The van der Waals surface area contributed by atoms with E-state index in [4.69, 9.17) is 5.73 Å². The smallest absolute Gasteiger partial charge is 0.227 e. The van der Waals surface area contributed by atoms with Gasteiger partial charge in [0, 0.05) is 19.1 Å². The topological polar surface area (TPSA) is 58.4 Å². The molecule has 1 aliphatic carbocycles. The molecule has 1 saturated carbocycles. The van der Waals surface area contributed by atoms with E-state index in [9.17, 15) is 4.79 Å². The van der Waals surface area contributed by atoms with Gasteiger partial charge in [0.25, 0.3) is 0 Å². The Labute approximate surface area is 117 Å². The minimum Gasteiger partial charge on any atom is -0.354 e. The summed E-state index contributed by atoms with van der Waals surface area (Å²) in [6, 6.07) is 0.0309. The van der Waals surface area contributed by atoms with E-state index in [1.165, 1.54) is 25.9 Å². The van der Waals surface area contributed by atoms with E-state index in [0.29, 0.717) is 0 Å². The molecule has 2 fully saturated rings. The maximum absolute atomic E-state index is 12.3. The van der Waals surface area contributed by atoms with Crippen molar-refractivity contribution in [1.29, 1.82) is 0 Å². The highest BCUT2D eigenvalue weighted by atomic mass is 16.2. The molecular formula is C15H29N3O. The van der Waals surface area contributed by atoms with Gasteiger partial charge in [-0.1, -0.05) is 13.3 Å². The molecule has 1 aliphatic heterocycles. The summed E-state index contributed by atoms with van der Waals surface area (Å²) in [5, 5.41) is 3.09. The van der Waals surface area contributed by atoms with Crippen molar-refractivity contribution in [3.05, 3.63) is 0 Å². The van der Waals surface area contributed by atoms with E-state index in [1.807, 2.05) is 6.92 Å². The Kier molecular flexibility index (Phi) is 4.85. The van der Waals surface area contributed by atoms with E-state index >= 15 is 0 Å². The zero-order valence-corrected chi connectivity index (χ0v) is 12.5. The quantitative estimate of drug-likeness (QED) is 0.808. The Hall–Kier alpha value is -0.610. The molecule has 4 nitrogen and oxygen atoms in total. The average Bonchev–Trinajstić information content (AvgIpc) is 2.73. The van der Waals surface area contributed by atoms with Crippen LogP contribution in [0.15, 0.2) is 0 Å². The van der Waals surface area contributed by atoms with Crippen molar-refractivity contribution in [3.8, 4) is 0 Å². The molecule has 0 bridgehead atoms. The van der Waals surface area contributed by atoms with Crippen molar-refractivity contribution in [3.63, 3.8) is 0 Å². The van der Waals surface area contributed by atoms with E-state index in [1.54, 1.807) is 0 Å². The first-order valence-electron chi connectivity index (χ1n) is 7.78. The lowest BCUT2D eigenvalue weighted by Gasteiger charge is -2.31. The van der Waals surface area contributed by atoms with Crippen molar-refractivity contribution in [1.82, 2.24) is 10.2 Å². The van der Waals surface area contributed by atoms with Gasteiger partial charge in [-0.2, -0.15) is 0 Å². The molecule has 2 atom stereocenters. The number of piperidine rings is 1. The molecule has 3 N–H and O–H groups in total. The van der Waals surface area contributed by atoms with E-state index in [-0.39, 0.29) is 17.4 Å². The number of amides is 1. The fraction of sp³-hybridized carbons (Fsp3) is 0.933. The van der Waals surface area contributed by atoms with Gasteiger partial charge in [-0.15, -0.1) is 0 Å². The number of carbonyl (C=O) groups is 1. The van der Waals surface area contributed by atoms with Crippen LogP contribution < -0.4 is 11.1 Å². The largest absolute Gasteiger partial charge is 0.354 e. The molecule has 4 heteroatoms. The SMILES string of the molecule is CC1CCN(CCNC(=O)C2(C)CCCC2N)CC1. The molecule has 0 aromatic heterocycles. The van der Waals surface area contributed by atoms with Crippen LogP contribution in [0, 0.1) is 11.3 Å². The second-order valence-corrected chi connectivity index (χ2v) is 6.70. The van der Waals surface area contributed by atoms with Crippen LogP contribution in [0.5, 0.6) is 0 Å². The normalized spacial score (nSPS) is 33.5. The number of rotatable bonds is 4. The van der Waals surface area contributed by atoms with Gasteiger partial charge in [0.2, 0.25) is 5.91 Å². The number of hydrogen-bond acceptors (Lipinski definition) is 3. The van der Waals surface area contributed by atoms with Gasteiger partial charge in [-0.25, -0.2) is 0 Å². The molecule has 110 valence electrons. The van der Waals surface area contributed by atoms with Gasteiger partial charge in [0.1, 0.15) is 0 Å². The predicted molar refractivity (Wildman–Crippen MR) is 77.8 cm³/mol. The van der Waals surface area contributed by atoms with Crippen molar-refractivity contribution in [2.75, 3.05) is 26.2 Å². The molecular weight excluding hydrogens is 238 g/mol. The molecule has 0 aromatic rings. The van der Waals surface area contributed by atoms with Crippen molar-refractivity contribution in [2.24, 2.45) is 17.1 Å². The standard InChI is InChI=1S/C15H29N3O/c1-12-5-9-18(10-6-12)11-8-17-14(19)15(2)7-3-4-13(15)16/h12-13H,3-11,16H2,1-2H3,(H,17,19). The summed E-state index contributed by atoms with van der Waals surface area (Å²) in [7, 11) is 0. The molecule has 2 rings (SSSR count). The Morgan fingerprint density at radius 1 is 1.37 bits per heavy atom. The third-order valence-electron chi connectivity index (χ3n) is 5.14. The molecule has 2 unspecified atom stereocenters. The lowest BCUT2D eigenvalue weighted by molar-refractivity contribution is -0.130. The van der Waals surface area contributed by atoms with Gasteiger partial charge >= 0.3 is 0 Å². The Morgan fingerprint density at radius 2 is 2.05 bits per heavy atom. The zero-order chi connectivity index (χ0) is 13.9. The predicted octanol–water partition coefficient (Wildman–Crippen LogP) is 1.35. The van der Waals surface area contributed by atoms with E-state index in [0.717, 1.165) is 38.3 Å². The van der Waals surface area contributed by atoms with Crippen LogP contribution in [0.4, 0.5) is 0 Å². The van der Waals surface area contributed by atoms with Crippen LogP contribution in [0.1, 0.15) is 46.0 Å². The van der Waals surface area contributed by atoms with E-state index < -0.39 is 0 Å². The fourth-order valence-corrected chi connectivity index (χ4v) is 3.29. The summed E-state index contributed by atoms with van der Waals surface area (Å²) in [6.45, 7) is 8.42. The molecule has 19 heavy (non-hydrogen) atoms. The molecule has 0 aromatic carbocycles. The van der Waals surface area contributed by atoms with Crippen LogP contribution >= 0.6 is 0 Å². The molecule has 0 spiro atoms. The fourth-order valence-electron chi connectivity index (χ4n) is 3.29. The summed E-state index contributed by atoms with van der Waals surface area (Å²) in [5.41, 5.74) is 5.74. The minimum atomic E-state index is -0.337. The van der Waals surface area contributed by atoms with Crippen molar-refractivity contribution in [2.45, 2.75) is 52.0 Å². The van der Waals surface area contributed by atoms with Gasteiger partial charge in [-0.3, -0.25) is 4.79 Å². The van der Waals surface area contributed by atoms with Gasteiger partial charge in [0.15, 0.2) is 0 Å². The number of likely N-dealkylation sites (tertiary alicyclic amines) is 1. The summed E-state index contributed by atoms with van der Waals surface area (Å²) in [6.07, 6.45) is 5.57. The van der Waals surface area contributed by atoms with Crippen LogP contribution in [0.2, 0.25) is 0 Å². The number of nitrogens with zero attached hydrogens (tertiary/aromatic N) is 1. The maximum atomic E-state index is 12.3. The minimum absolute atomic E-state index is 0.0309. The van der Waals surface area contributed by atoms with Gasteiger partial charge < -0.3 is 16.0 Å². The van der Waals surface area contributed by atoms with Crippen LogP contribution in [0.3, 0.4) is 0 Å². The van der Waals surface area contributed by atoms with Crippen molar-refractivity contribution < 1.29 is 4.79 Å². The molecule has 1 heterocycles. The highest BCUT2D eigenvalue weighted by Crippen LogP contribution is 2.36. The highest BCUT2D eigenvalue weighted by Gasteiger charge is 2.42. The first kappa shape index (κ1) is 14.8. The Balaban J connectivity index is 1.69. The Bertz CT molecular complexity index is 313. The third kappa shape index (κ3) is 3.48. The second-order valence-electron chi connectivity index (χ2n) is 6.70. The van der Waals surface area contributed by atoms with E-state index in [2.05, 4.69) is 17.1 Å². The van der Waals surface area contributed by atoms with Crippen LogP contribution in [-0.4, -0.2) is 43.0 Å². The average molecular weight is 267 g/mol. The zero-order valence-electron chi connectivity index (χ0n) is 12.5. The maximum Gasteiger partial charge on any atom is 0.227 e. The summed E-state index contributed by atoms with van der Waals surface area (Å²) in [5.74, 6) is 1.02. The third-order valence-corrected chi connectivity index (χ3v) is 5.14. The first-order chi connectivity index (χ1) is 9.02. The summed E-state index contributed by atoms with van der Waals surface area (Å²) in [4.78, 5) is 14.7. The van der Waals surface area contributed by atoms with Gasteiger partial charge in [-0.05, 0) is 51.6 Å². The number of nitrogens with two attached hydrogens (primary N) is 1. The van der Waals surface area contributed by atoms with Crippen LogP contribution in [0.25, 0.3) is 0 Å². The Morgan fingerprint density at radius 3 is 2.63 bits per heavy atom. The summed E-state index contributed by atoms with van der Waals surface area (Å²) < 4.78 is 0. The number of nitrogens with one attached hydrogen (secondary N) is 1. The second kappa shape index (κ2) is 6.23. The summed E-state index contributed by atoms with van der Waals surface area (Å²) >= 11 is 0. The lowest BCUT2D eigenvalue weighted by atomic mass is 9.84. The molecule has 1 saturated heterocycles. The van der Waals surface area contributed by atoms with Crippen molar-refractivity contribution >= 4 is 5.91 Å². The molecule has 0 radical (unpaired) electrons. The highest BCUT2D eigenvalue weighted by molar-refractivity contribution is 5.83. The first-order valence-corrected chi connectivity index (χ1v) is 7.78. The molecule has 2 aliphatic rings. The molecule has 1 amide bonds. The van der Waals surface area contributed by atoms with Gasteiger partial charge in [0.05, 0.1) is 5.41 Å². The monoisotopic (exact) mass is 267 g/mol.